The van der Waals surface area contributed by atoms with E-state index in [0.29, 0.717) is 13.0 Å². The minimum atomic E-state index is -0.509. The summed E-state index contributed by atoms with van der Waals surface area (Å²) in [6, 6.07) is 21.0. The Bertz CT molecular complexity index is 544. The molecule has 0 heterocycles. The van der Waals surface area contributed by atoms with E-state index in [1.54, 1.807) is 0 Å². The molecule has 0 saturated heterocycles. The van der Waals surface area contributed by atoms with Gasteiger partial charge in [0.1, 0.15) is 0 Å². The van der Waals surface area contributed by atoms with Gasteiger partial charge in [0.2, 0.25) is 0 Å². The highest BCUT2D eigenvalue weighted by Gasteiger charge is 2.15. The lowest BCUT2D eigenvalue weighted by Gasteiger charge is -2.18. The monoisotopic (exact) mass is 342 g/mol. The first-order valence-electron chi connectivity index (χ1n) is 8.84. The van der Waals surface area contributed by atoms with Crippen LogP contribution >= 0.6 is 7.92 Å². The van der Waals surface area contributed by atoms with Gasteiger partial charge < -0.3 is 4.74 Å². The summed E-state index contributed by atoms with van der Waals surface area (Å²) in [4.78, 5) is 12.0. The number of hydrogen-bond donors (Lipinski definition) is 0. The molecular weight excluding hydrogens is 315 g/mol. The molecule has 2 aromatic rings. The molecule has 0 aromatic heterocycles. The van der Waals surface area contributed by atoms with Crippen LogP contribution in [0.1, 0.15) is 39.0 Å². The fraction of sp³-hybridized carbons (Fsp3) is 0.381. The number of ether oxygens (including phenoxy) is 1. The predicted molar refractivity (Wildman–Crippen MR) is 104 cm³/mol. The van der Waals surface area contributed by atoms with E-state index in [1.165, 1.54) is 23.5 Å². The average molecular weight is 342 g/mol. The molecule has 0 bridgehead atoms. The van der Waals surface area contributed by atoms with Crippen molar-refractivity contribution in [1.29, 1.82) is 0 Å². The number of hydrogen-bond acceptors (Lipinski definition) is 2. The lowest BCUT2D eigenvalue weighted by Crippen LogP contribution is -2.16. The second-order valence-corrected chi connectivity index (χ2v) is 8.19. The highest BCUT2D eigenvalue weighted by Crippen LogP contribution is 2.34. The molecule has 0 amide bonds. The van der Waals surface area contributed by atoms with Crippen LogP contribution in [-0.2, 0) is 9.53 Å². The van der Waals surface area contributed by atoms with E-state index in [2.05, 4.69) is 55.5 Å². The van der Waals surface area contributed by atoms with Crippen LogP contribution in [0.5, 0.6) is 0 Å². The van der Waals surface area contributed by atoms with Gasteiger partial charge in [-0.05, 0) is 31.1 Å². The van der Waals surface area contributed by atoms with Gasteiger partial charge in [-0.3, -0.25) is 4.79 Å². The van der Waals surface area contributed by atoms with Gasteiger partial charge in [0, 0.05) is 0 Å². The smallest absolute Gasteiger partial charge is 0.306 e. The molecule has 2 aromatic carbocycles. The molecule has 0 aliphatic carbocycles. The molecule has 128 valence electrons. The molecule has 0 unspecified atom stereocenters. The van der Waals surface area contributed by atoms with Gasteiger partial charge in [-0.15, -0.1) is 0 Å². The maximum absolute atomic E-state index is 12.0. The molecule has 0 atom stereocenters. The third kappa shape index (κ3) is 6.45. The number of unbranched alkanes of at least 4 members (excludes halogenated alkanes) is 3. The van der Waals surface area contributed by atoms with Crippen LogP contribution in [0.4, 0.5) is 0 Å². The SMILES string of the molecule is CCCCCCOC(=O)CCP(c1ccccc1)c1ccccc1. The third-order valence-electron chi connectivity index (χ3n) is 3.94. The fourth-order valence-corrected chi connectivity index (χ4v) is 4.90. The maximum Gasteiger partial charge on any atom is 0.306 e. The Morgan fingerprint density at radius 1 is 0.875 bits per heavy atom. The van der Waals surface area contributed by atoms with Crippen LogP contribution in [-0.4, -0.2) is 18.7 Å². The lowest BCUT2D eigenvalue weighted by atomic mass is 10.2. The Kier molecular flexibility index (Phi) is 8.55. The zero-order chi connectivity index (χ0) is 17.0. The Labute approximate surface area is 147 Å². The topological polar surface area (TPSA) is 26.3 Å². The zero-order valence-corrected chi connectivity index (χ0v) is 15.4. The summed E-state index contributed by atoms with van der Waals surface area (Å²) in [6.45, 7) is 2.74. The second kappa shape index (κ2) is 11.0. The van der Waals surface area contributed by atoms with Crippen molar-refractivity contribution in [2.75, 3.05) is 12.8 Å². The third-order valence-corrected chi connectivity index (χ3v) is 6.45. The van der Waals surface area contributed by atoms with Crippen LogP contribution in [0, 0.1) is 0 Å². The standard InChI is InChI=1S/C21H27O2P/c1-2-3-4-11-17-23-21(22)16-18-24(19-12-7-5-8-13-19)20-14-9-6-10-15-20/h5-10,12-15H,2-4,11,16-18H2,1H3. The lowest BCUT2D eigenvalue weighted by molar-refractivity contribution is -0.143. The largest absolute Gasteiger partial charge is 0.466 e. The van der Waals surface area contributed by atoms with E-state index >= 15 is 0 Å². The molecule has 2 rings (SSSR count). The molecule has 0 N–H and O–H groups in total. The van der Waals surface area contributed by atoms with Gasteiger partial charge in [-0.2, -0.15) is 0 Å². The first-order valence-corrected chi connectivity index (χ1v) is 10.4. The van der Waals surface area contributed by atoms with Crippen LogP contribution in [0.15, 0.2) is 60.7 Å². The van der Waals surface area contributed by atoms with Crippen molar-refractivity contribution in [1.82, 2.24) is 0 Å². The Hall–Kier alpha value is -1.66. The molecule has 0 saturated carbocycles. The van der Waals surface area contributed by atoms with Crippen LogP contribution in [0.2, 0.25) is 0 Å². The van der Waals surface area contributed by atoms with Crippen molar-refractivity contribution in [3.05, 3.63) is 60.7 Å². The minimum absolute atomic E-state index is 0.0640. The van der Waals surface area contributed by atoms with E-state index in [9.17, 15) is 4.79 Å². The van der Waals surface area contributed by atoms with Gasteiger partial charge in [0.25, 0.3) is 0 Å². The minimum Gasteiger partial charge on any atom is -0.466 e. The van der Waals surface area contributed by atoms with Crippen molar-refractivity contribution in [3.8, 4) is 0 Å². The summed E-state index contributed by atoms with van der Waals surface area (Å²) in [5.74, 6) is -0.0640. The van der Waals surface area contributed by atoms with Crippen LogP contribution in [0.25, 0.3) is 0 Å². The maximum atomic E-state index is 12.0. The van der Waals surface area contributed by atoms with E-state index in [1.807, 2.05) is 12.1 Å². The van der Waals surface area contributed by atoms with Crippen molar-refractivity contribution in [3.63, 3.8) is 0 Å². The average Bonchev–Trinajstić information content (AvgIpc) is 2.63. The number of rotatable bonds is 10. The Morgan fingerprint density at radius 3 is 2.00 bits per heavy atom. The fourth-order valence-electron chi connectivity index (χ4n) is 2.61. The summed E-state index contributed by atoms with van der Waals surface area (Å²) >= 11 is 0. The van der Waals surface area contributed by atoms with E-state index in [0.717, 1.165) is 19.0 Å². The number of carbonyl (C=O) groups excluding carboxylic acids is 1. The Morgan fingerprint density at radius 2 is 1.46 bits per heavy atom. The molecule has 3 heteroatoms. The highest BCUT2D eigenvalue weighted by molar-refractivity contribution is 7.73. The molecule has 0 fully saturated rings. The van der Waals surface area contributed by atoms with Gasteiger partial charge in [-0.1, -0.05) is 86.8 Å². The molecule has 0 aliphatic heterocycles. The molecule has 0 spiro atoms. The second-order valence-electron chi connectivity index (χ2n) is 5.85. The number of esters is 1. The molecular formula is C21H27O2P. The van der Waals surface area contributed by atoms with Crippen molar-refractivity contribution in [2.45, 2.75) is 39.0 Å². The summed E-state index contributed by atoms with van der Waals surface area (Å²) in [5.41, 5.74) is 0. The summed E-state index contributed by atoms with van der Waals surface area (Å²) < 4.78 is 5.38. The quantitative estimate of drug-likeness (QED) is 0.357. The number of benzene rings is 2. The molecule has 24 heavy (non-hydrogen) atoms. The highest BCUT2D eigenvalue weighted by atomic mass is 31.1. The van der Waals surface area contributed by atoms with Crippen molar-refractivity contribution >= 4 is 24.5 Å². The summed E-state index contributed by atoms with van der Waals surface area (Å²) in [6.07, 6.45) is 5.87. The normalized spacial score (nSPS) is 10.8. The zero-order valence-electron chi connectivity index (χ0n) is 14.5. The van der Waals surface area contributed by atoms with E-state index in [-0.39, 0.29) is 5.97 Å². The van der Waals surface area contributed by atoms with E-state index < -0.39 is 7.92 Å². The van der Waals surface area contributed by atoms with Gasteiger partial charge in [-0.25, -0.2) is 0 Å². The van der Waals surface area contributed by atoms with Gasteiger partial charge in [0.15, 0.2) is 0 Å². The van der Waals surface area contributed by atoms with Gasteiger partial charge >= 0.3 is 5.97 Å². The van der Waals surface area contributed by atoms with Crippen LogP contribution in [0.3, 0.4) is 0 Å². The summed E-state index contributed by atoms with van der Waals surface area (Å²) in [7, 11) is -0.509. The first kappa shape index (κ1) is 18.7. The molecule has 0 radical (unpaired) electrons. The van der Waals surface area contributed by atoms with Crippen molar-refractivity contribution < 1.29 is 9.53 Å². The van der Waals surface area contributed by atoms with Crippen LogP contribution < -0.4 is 10.6 Å². The van der Waals surface area contributed by atoms with E-state index in [4.69, 9.17) is 4.74 Å². The first-order chi connectivity index (χ1) is 11.8. The predicted octanol–water partition coefficient (Wildman–Crippen LogP) is 4.63. The number of carbonyl (C=O) groups is 1. The van der Waals surface area contributed by atoms with Crippen molar-refractivity contribution in [2.24, 2.45) is 0 Å². The molecule has 0 aliphatic rings. The van der Waals surface area contributed by atoms with Gasteiger partial charge in [0.05, 0.1) is 13.0 Å². The summed E-state index contributed by atoms with van der Waals surface area (Å²) in [5, 5.41) is 2.63. The molecule has 2 nitrogen and oxygen atoms in total. The Balaban J connectivity index is 1.89.